The van der Waals surface area contributed by atoms with E-state index < -0.39 is 11.9 Å². The number of carboxylic acids is 1. The number of rotatable bonds is 1. The van der Waals surface area contributed by atoms with Gasteiger partial charge in [0.15, 0.2) is 0 Å². The lowest BCUT2D eigenvalue weighted by molar-refractivity contribution is -0.147. The van der Waals surface area contributed by atoms with E-state index in [2.05, 4.69) is 5.32 Å². The molecule has 0 heterocycles. The van der Waals surface area contributed by atoms with Crippen molar-refractivity contribution in [1.82, 2.24) is 0 Å². The summed E-state index contributed by atoms with van der Waals surface area (Å²) < 4.78 is 0. The van der Waals surface area contributed by atoms with Gasteiger partial charge >= 0.3 is 11.9 Å². The van der Waals surface area contributed by atoms with Gasteiger partial charge in [-0.25, -0.2) is 4.79 Å². The smallest absolute Gasteiger partial charge is 0.394 e. The summed E-state index contributed by atoms with van der Waals surface area (Å²) in [5, 5.41) is 11.1. The molecule has 1 rings (SSSR count). The highest BCUT2D eigenvalue weighted by atomic mass is 35.5. The molecular weight excluding hydrogens is 206 g/mol. The maximum absolute atomic E-state index is 10.8. The minimum atomic E-state index is -1.52. The van der Waals surface area contributed by atoms with Gasteiger partial charge in [-0.15, -0.1) is 0 Å². The first-order chi connectivity index (χ1) is 6.50. The van der Waals surface area contributed by atoms with E-state index in [1.54, 1.807) is 19.1 Å². The molecule has 0 spiro atoms. The second-order valence-electron chi connectivity index (χ2n) is 2.72. The number of benzene rings is 1. The van der Waals surface area contributed by atoms with Crippen LogP contribution in [0.1, 0.15) is 5.56 Å². The third kappa shape index (κ3) is 2.47. The van der Waals surface area contributed by atoms with Crippen molar-refractivity contribution in [1.29, 1.82) is 0 Å². The van der Waals surface area contributed by atoms with Gasteiger partial charge in [-0.3, -0.25) is 4.79 Å². The van der Waals surface area contributed by atoms with Gasteiger partial charge in [0.25, 0.3) is 0 Å². The summed E-state index contributed by atoms with van der Waals surface area (Å²) in [6.45, 7) is 1.76. The quantitative estimate of drug-likeness (QED) is 0.698. The fourth-order valence-corrected chi connectivity index (χ4v) is 1.02. The summed E-state index contributed by atoms with van der Waals surface area (Å²) in [7, 11) is 0. The van der Waals surface area contributed by atoms with Gasteiger partial charge < -0.3 is 10.4 Å². The van der Waals surface area contributed by atoms with E-state index in [0.717, 1.165) is 5.56 Å². The Balaban J connectivity index is 2.83. The molecule has 0 atom stereocenters. The first-order valence-corrected chi connectivity index (χ1v) is 4.19. The number of carbonyl (C=O) groups excluding carboxylic acids is 1. The predicted molar refractivity (Wildman–Crippen MR) is 52.5 cm³/mol. The summed E-state index contributed by atoms with van der Waals surface area (Å²) in [6, 6.07) is 4.73. The molecule has 0 aliphatic heterocycles. The third-order valence-electron chi connectivity index (χ3n) is 1.61. The summed E-state index contributed by atoms with van der Waals surface area (Å²) in [4.78, 5) is 21.0. The SMILES string of the molecule is Cc1cc(NC(=O)C(=O)O)ccc1Cl. The Morgan fingerprint density at radius 2 is 2.07 bits per heavy atom. The highest BCUT2D eigenvalue weighted by Crippen LogP contribution is 2.19. The lowest BCUT2D eigenvalue weighted by Crippen LogP contribution is -2.21. The van der Waals surface area contributed by atoms with Crippen molar-refractivity contribution in [3.05, 3.63) is 28.8 Å². The van der Waals surface area contributed by atoms with Crippen molar-refractivity contribution in [3.8, 4) is 0 Å². The number of aryl methyl sites for hydroxylation is 1. The van der Waals surface area contributed by atoms with E-state index in [1.807, 2.05) is 0 Å². The monoisotopic (exact) mass is 213 g/mol. The molecule has 0 aliphatic carbocycles. The zero-order valence-electron chi connectivity index (χ0n) is 7.37. The van der Waals surface area contributed by atoms with Crippen LogP contribution in [0.2, 0.25) is 5.02 Å². The summed E-state index contributed by atoms with van der Waals surface area (Å²) in [6.07, 6.45) is 0. The minimum Gasteiger partial charge on any atom is -0.474 e. The van der Waals surface area contributed by atoms with Crippen molar-refractivity contribution >= 4 is 29.2 Å². The normalized spacial score (nSPS) is 9.57. The van der Waals surface area contributed by atoms with Crippen molar-refractivity contribution in [2.24, 2.45) is 0 Å². The number of hydrogen-bond acceptors (Lipinski definition) is 2. The maximum atomic E-state index is 10.8. The second kappa shape index (κ2) is 4.11. The number of aliphatic carboxylic acids is 1. The van der Waals surface area contributed by atoms with Gasteiger partial charge in [-0.1, -0.05) is 11.6 Å². The van der Waals surface area contributed by atoms with E-state index in [4.69, 9.17) is 16.7 Å². The van der Waals surface area contributed by atoms with E-state index >= 15 is 0 Å². The van der Waals surface area contributed by atoms with Crippen LogP contribution in [0.15, 0.2) is 18.2 Å². The molecule has 2 N–H and O–H groups in total. The molecule has 5 heteroatoms. The summed E-state index contributed by atoms with van der Waals surface area (Å²) in [5.41, 5.74) is 1.19. The molecule has 0 saturated heterocycles. The van der Waals surface area contributed by atoms with Crippen LogP contribution in [0.5, 0.6) is 0 Å². The van der Waals surface area contributed by atoms with Crippen LogP contribution >= 0.6 is 11.6 Å². The average molecular weight is 214 g/mol. The molecule has 0 unspecified atom stereocenters. The Labute approximate surface area is 85.5 Å². The number of carbonyl (C=O) groups is 2. The van der Waals surface area contributed by atoms with E-state index in [-0.39, 0.29) is 0 Å². The van der Waals surface area contributed by atoms with Crippen molar-refractivity contribution in [2.75, 3.05) is 5.32 Å². The molecule has 1 aromatic rings. The molecule has 0 bridgehead atoms. The van der Waals surface area contributed by atoms with Gasteiger partial charge in [0.2, 0.25) is 0 Å². The Morgan fingerprint density at radius 1 is 1.43 bits per heavy atom. The Hall–Kier alpha value is -1.55. The van der Waals surface area contributed by atoms with Gasteiger partial charge in [-0.2, -0.15) is 0 Å². The molecule has 0 fully saturated rings. The molecule has 1 aromatic carbocycles. The van der Waals surface area contributed by atoms with Gasteiger partial charge in [0, 0.05) is 10.7 Å². The van der Waals surface area contributed by atoms with Crippen LogP contribution in [0.25, 0.3) is 0 Å². The number of amides is 1. The van der Waals surface area contributed by atoms with Gasteiger partial charge in [-0.05, 0) is 30.7 Å². The number of nitrogens with one attached hydrogen (secondary N) is 1. The van der Waals surface area contributed by atoms with Crippen LogP contribution in [0, 0.1) is 6.92 Å². The number of carboxylic acid groups (broad SMARTS) is 1. The lowest BCUT2D eigenvalue weighted by Gasteiger charge is -2.03. The lowest BCUT2D eigenvalue weighted by atomic mass is 10.2. The molecule has 0 saturated carbocycles. The maximum Gasteiger partial charge on any atom is 0.394 e. The number of hydrogen-bond donors (Lipinski definition) is 2. The van der Waals surface area contributed by atoms with Crippen LogP contribution in [0.3, 0.4) is 0 Å². The fourth-order valence-electron chi connectivity index (χ4n) is 0.907. The number of halogens is 1. The van der Waals surface area contributed by atoms with Crippen LogP contribution in [-0.2, 0) is 9.59 Å². The Kier molecular flexibility index (Phi) is 3.09. The highest BCUT2D eigenvalue weighted by molar-refractivity contribution is 6.36. The molecule has 14 heavy (non-hydrogen) atoms. The zero-order chi connectivity index (χ0) is 10.7. The largest absolute Gasteiger partial charge is 0.474 e. The molecule has 0 aliphatic rings. The Bertz CT molecular complexity index is 390. The van der Waals surface area contributed by atoms with Crippen LogP contribution in [-0.4, -0.2) is 17.0 Å². The fraction of sp³-hybridized carbons (Fsp3) is 0.111. The second-order valence-corrected chi connectivity index (χ2v) is 3.13. The van der Waals surface area contributed by atoms with E-state index in [9.17, 15) is 9.59 Å². The standard InChI is InChI=1S/C9H8ClNO3/c1-5-4-6(2-3-7(5)10)11-8(12)9(13)14/h2-4H,1H3,(H,11,12)(H,13,14). The first kappa shape index (κ1) is 10.5. The average Bonchev–Trinajstić information content (AvgIpc) is 2.11. The minimum absolute atomic E-state index is 0.416. The molecule has 4 nitrogen and oxygen atoms in total. The molecular formula is C9H8ClNO3. The first-order valence-electron chi connectivity index (χ1n) is 3.81. The van der Waals surface area contributed by atoms with Crippen molar-refractivity contribution in [3.63, 3.8) is 0 Å². The van der Waals surface area contributed by atoms with Gasteiger partial charge in [0.1, 0.15) is 0 Å². The molecule has 74 valence electrons. The summed E-state index contributed by atoms with van der Waals surface area (Å²) >= 11 is 5.75. The zero-order valence-corrected chi connectivity index (χ0v) is 8.13. The topological polar surface area (TPSA) is 66.4 Å². The molecule has 0 aromatic heterocycles. The van der Waals surface area contributed by atoms with Crippen LogP contribution < -0.4 is 5.32 Å². The summed E-state index contributed by atoms with van der Waals surface area (Å²) in [5.74, 6) is -2.58. The van der Waals surface area contributed by atoms with Gasteiger partial charge in [0.05, 0.1) is 0 Å². The molecule has 1 amide bonds. The predicted octanol–water partition coefficient (Wildman–Crippen LogP) is 1.67. The van der Waals surface area contributed by atoms with Crippen LogP contribution in [0.4, 0.5) is 5.69 Å². The van der Waals surface area contributed by atoms with E-state index in [0.29, 0.717) is 10.7 Å². The Morgan fingerprint density at radius 3 is 2.57 bits per heavy atom. The van der Waals surface area contributed by atoms with Crippen molar-refractivity contribution in [2.45, 2.75) is 6.92 Å². The number of anilines is 1. The third-order valence-corrected chi connectivity index (χ3v) is 2.03. The molecule has 0 radical (unpaired) electrons. The van der Waals surface area contributed by atoms with Crippen molar-refractivity contribution < 1.29 is 14.7 Å². The van der Waals surface area contributed by atoms with E-state index in [1.165, 1.54) is 6.07 Å². The highest BCUT2D eigenvalue weighted by Gasteiger charge is 2.10.